The average molecular weight is 254 g/mol. The lowest BCUT2D eigenvalue weighted by molar-refractivity contribution is -0.123. The summed E-state index contributed by atoms with van der Waals surface area (Å²) in [6.07, 6.45) is 0. The summed E-state index contributed by atoms with van der Waals surface area (Å²) in [5, 5.41) is 3.00. The Labute approximate surface area is 104 Å². The highest BCUT2D eigenvalue weighted by Gasteiger charge is 2.23. The van der Waals surface area contributed by atoms with Crippen LogP contribution in [0.4, 0.5) is 5.69 Å². The molecule has 1 saturated heterocycles. The standard InChI is InChI=1S/C11H12ClN3O2/c12-9-2-1-7(13)5-8(9)11(17)15-4-3-14-10(16)6-15/h1-2,5H,3-4,6,13H2,(H,14,16). The van der Waals surface area contributed by atoms with E-state index in [0.29, 0.717) is 29.4 Å². The molecule has 5 nitrogen and oxygen atoms in total. The van der Waals surface area contributed by atoms with E-state index < -0.39 is 0 Å². The van der Waals surface area contributed by atoms with E-state index in [-0.39, 0.29) is 18.4 Å². The maximum atomic E-state index is 12.1. The molecular formula is C11H12ClN3O2. The van der Waals surface area contributed by atoms with Crippen molar-refractivity contribution < 1.29 is 9.59 Å². The van der Waals surface area contributed by atoms with Gasteiger partial charge in [0, 0.05) is 18.8 Å². The first-order valence-electron chi connectivity index (χ1n) is 5.19. The van der Waals surface area contributed by atoms with Crippen LogP contribution in [0.15, 0.2) is 18.2 Å². The fourth-order valence-electron chi connectivity index (χ4n) is 1.69. The molecular weight excluding hydrogens is 242 g/mol. The lowest BCUT2D eigenvalue weighted by Crippen LogP contribution is -2.50. The minimum atomic E-state index is -0.267. The Balaban J connectivity index is 2.24. The lowest BCUT2D eigenvalue weighted by Gasteiger charge is -2.27. The number of carbonyl (C=O) groups excluding carboxylic acids is 2. The second-order valence-electron chi connectivity index (χ2n) is 3.82. The number of amides is 2. The Bertz CT molecular complexity index is 476. The van der Waals surface area contributed by atoms with Gasteiger partial charge in [0.25, 0.3) is 5.91 Å². The van der Waals surface area contributed by atoms with Crippen molar-refractivity contribution in [3.63, 3.8) is 0 Å². The molecule has 1 aliphatic heterocycles. The molecule has 90 valence electrons. The Morgan fingerprint density at radius 2 is 2.24 bits per heavy atom. The number of anilines is 1. The van der Waals surface area contributed by atoms with Crippen LogP contribution in [0.1, 0.15) is 10.4 Å². The Hall–Kier alpha value is -1.75. The molecule has 1 aliphatic rings. The molecule has 0 saturated carbocycles. The molecule has 0 bridgehead atoms. The van der Waals surface area contributed by atoms with Gasteiger partial charge in [-0.15, -0.1) is 0 Å². The number of rotatable bonds is 1. The molecule has 0 aromatic heterocycles. The van der Waals surface area contributed by atoms with Gasteiger partial charge in [0.15, 0.2) is 0 Å². The molecule has 6 heteroatoms. The molecule has 1 aromatic rings. The van der Waals surface area contributed by atoms with Crippen LogP contribution >= 0.6 is 11.6 Å². The average Bonchev–Trinajstić information content (AvgIpc) is 2.31. The van der Waals surface area contributed by atoms with Gasteiger partial charge < -0.3 is 16.0 Å². The van der Waals surface area contributed by atoms with Crippen LogP contribution < -0.4 is 11.1 Å². The highest BCUT2D eigenvalue weighted by atomic mass is 35.5. The first-order valence-corrected chi connectivity index (χ1v) is 5.57. The summed E-state index contributed by atoms with van der Waals surface area (Å²) < 4.78 is 0. The van der Waals surface area contributed by atoms with E-state index in [0.717, 1.165) is 0 Å². The third-order valence-electron chi connectivity index (χ3n) is 2.55. The van der Waals surface area contributed by atoms with E-state index in [1.165, 1.54) is 11.0 Å². The maximum Gasteiger partial charge on any atom is 0.255 e. The second-order valence-corrected chi connectivity index (χ2v) is 4.22. The predicted octanol–water partition coefficient (Wildman–Crippen LogP) is 0.494. The van der Waals surface area contributed by atoms with Crippen LogP contribution in [-0.4, -0.2) is 36.3 Å². The fourth-order valence-corrected chi connectivity index (χ4v) is 1.89. The van der Waals surface area contributed by atoms with E-state index >= 15 is 0 Å². The van der Waals surface area contributed by atoms with Crippen molar-refractivity contribution in [1.82, 2.24) is 10.2 Å². The van der Waals surface area contributed by atoms with Crippen molar-refractivity contribution in [3.8, 4) is 0 Å². The van der Waals surface area contributed by atoms with E-state index in [9.17, 15) is 9.59 Å². The summed E-state index contributed by atoms with van der Waals surface area (Å²) in [6.45, 7) is 1.00. The van der Waals surface area contributed by atoms with Crippen LogP contribution in [0, 0.1) is 0 Å². The van der Waals surface area contributed by atoms with E-state index in [1.807, 2.05) is 0 Å². The molecule has 1 aromatic carbocycles. The van der Waals surface area contributed by atoms with E-state index in [4.69, 9.17) is 17.3 Å². The normalized spacial score (nSPS) is 15.6. The van der Waals surface area contributed by atoms with Gasteiger partial charge in [0.2, 0.25) is 5.91 Å². The number of nitrogens with two attached hydrogens (primary N) is 1. The minimum absolute atomic E-state index is 0.0595. The molecule has 0 unspecified atom stereocenters. The third kappa shape index (κ3) is 2.50. The SMILES string of the molecule is Nc1ccc(Cl)c(C(=O)N2CCNC(=O)C2)c1. The number of benzene rings is 1. The van der Waals surface area contributed by atoms with Gasteiger partial charge in [-0.3, -0.25) is 9.59 Å². The van der Waals surface area contributed by atoms with Crippen molar-refractivity contribution in [3.05, 3.63) is 28.8 Å². The highest BCUT2D eigenvalue weighted by Crippen LogP contribution is 2.20. The first-order chi connectivity index (χ1) is 8.08. The van der Waals surface area contributed by atoms with Gasteiger partial charge in [0.1, 0.15) is 0 Å². The summed E-state index contributed by atoms with van der Waals surface area (Å²) in [4.78, 5) is 24.8. The zero-order valence-corrected chi connectivity index (χ0v) is 9.83. The van der Waals surface area contributed by atoms with Gasteiger partial charge >= 0.3 is 0 Å². The largest absolute Gasteiger partial charge is 0.399 e. The minimum Gasteiger partial charge on any atom is -0.399 e. The molecule has 2 rings (SSSR count). The molecule has 0 spiro atoms. The fraction of sp³-hybridized carbons (Fsp3) is 0.273. The predicted molar refractivity (Wildman–Crippen MR) is 64.8 cm³/mol. The van der Waals surface area contributed by atoms with Crippen molar-refractivity contribution in [2.45, 2.75) is 0 Å². The quantitative estimate of drug-likeness (QED) is 0.716. The molecule has 0 radical (unpaired) electrons. The summed E-state index contributed by atoms with van der Waals surface area (Å²) in [7, 11) is 0. The second kappa shape index (κ2) is 4.63. The number of hydrogen-bond donors (Lipinski definition) is 2. The molecule has 17 heavy (non-hydrogen) atoms. The molecule has 1 heterocycles. The molecule has 2 amide bonds. The number of nitrogen functional groups attached to an aromatic ring is 1. The number of halogens is 1. The van der Waals surface area contributed by atoms with Gasteiger partial charge in [-0.25, -0.2) is 0 Å². The molecule has 0 aliphatic carbocycles. The highest BCUT2D eigenvalue weighted by molar-refractivity contribution is 6.34. The van der Waals surface area contributed by atoms with E-state index in [1.54, 1.807) is 12.1 Å². The molecule has 1 fully saturated rings. The summed E-state index contributed by atoms with van der Waals surface area (Å²) in [5.74, 6) is -0.429. The zero-order chi connectivity index (χ0) is 12.4. The summed E-state index contributed by atoms with van der Waals surface area (Å²) in [5.41, 5.74) is 6.42. The third-order valence-corrected chi connectivity index (χ3v) is 2.88. The Morgan fingerprint density at radius 1 is 1.47 bits per heavy atom. The van der Waals surface area contributed by atoms with Crippen LogP contribution in [0.5, 0.6) is 0 Å². The van der Waals surface area contributed by atoms with Crippen molar-refractivity contribution >= 4 is 29.1 Å². The number of carbonyl (C=O) groups is 2. The monoisotopic (exact) mass is 253 g/mol. The number of piperazine rings is 1. The molecule has 3 N–H and O–H groups in total. The van der Waals surface area contributed by atoms with Crippen LogP contribution in [0.2, 0.25) is 5.02 Å². The van der Waals surface area contributed by atoms with Crippen LogP contribution in [0.25, 0.3) is 0 Å². The van der Waals surface area contributed by atoms with E-state index in [2.05, 4.69) is 5.32 Å². The van der Waals surface area contributed by atoms with Crippen molar-refractivity contribution in [2.75, 3.05) is 25.4 Å². The van der Waals surface area contributed by atoms with Crippen LogP contribution in [0.3, 0.4) is 0 Å². The van der Waals surface area contributed by atoms with Gasteiger partial charge in [0.05, 0.1) is 17.1 Å². The Morgan fingerprint density at radius 3 is 2.94 bits per heavy atom. The smallest absolute Gasteiger partial charge is 0.255 e. The first kappa shape index (κ1) is 11.7. The van der Waals surface area contributed by atoms with Crippen molar-refractivity contribution in [1.29, 1.82) is 0 Å². The Kier molecular flexibility index (Phi) is 3.19. The summed E-state index contributed by atoms with van der Waals surface area (Å²) >= 11 is 5.94. The van der Waals surface area contributed by atoms with Crippen molar-refractivity contribution in [2.24, 2.45) is 0 Å². The summed E-state index contributed by atoms with van der Waals surface area (Å²) in [6, 6.07) is 4.73. The lowest BCUT2D eigenvalue weighted by atomic mass is 10.1. The van der Waals surface area contributed by atoms with Crippen LogP contribution in [-0.2, 0) is 4.79 Å². The zero-order valence-electron chi connectivity index (χ0n) is 9.07. The number of hydrogen-bond acceptors (Lipinski definition) is 3. The number of nitrogens with zero attached hydrogens (tertiary/aromatic N) is 1. The van der Waals surface area contributed by atoms with Gasteiger partial charge in [-0.05, 0) is 18.2 Å². The van der Waals surface area contributed by atoms with Gasteiger partial charge in [-0.2, -0.15) is 0 Å². The topological polar surface area (TPSA) is 75.4 Å². The molecule has 0 atom stereocenters. The van der Waals surface area contributed by atoms with Gasteiger partial charge in [-0.1, -0.05) is 11.6 Å². The number of nitrogens with one attached hydrogen (secondary N) is 1. The maximum absolute atomic E-state index is 12.1.